The largest absolute Gasteiger partial charge is 0.246 e. The number of rotatable bonds is 6. The predicted molar refractivity (Wildman–Crippen MR) is 102 cm³/mol. The van der Waals surface area contributed by atoms with Crippen molar-refractivity contribution in [1.82, 2.24) is 4.31 Å². The lowest BCUT2D eigenvalue weighted by atomic mass is 10.1. The fourth-order valence-corrected chi connectivity index (χ4v) is 5.14. The van der Waals surface area contributed by atoms with Gasteiger partial charge in [-0.15, -0.1) is 0 Å². The first-order valence-corrected chi connectivity index (χ1v) is 10.4. The number of nitriles is 1. The van der Waals surface area contributed by atoms with Gasteiger partial charge in [-0.3, -0.25) is 0 Å². The van der Waals surface area contributed by atoms with Crippen molar-refractivity contribution in [2.24, 2.45) is 5.92 Å². The van der Waals surface area contributed by atoms with Crippen LogP contribution in [0.5, 0.6) is 0 Å². The normalized spacial score (nSPS) is 13.0. The van der Waals surface area contributed by atoms with Gasteiger partial charge in [-0.2, -0.15) is 9.57 Å². The minimum absolute atomic E-state index is 0.0520. The summed E-state index contributed by atoms with van der Waals surface area (Å²) in [5.41, 5.74) is 0.876. The SMILES string of the molecule is CC(C)CN(C(C)c1ccccc1Br)S(=O)(=O)c1ccc(C#N)cc1F. The molecule has 0 N–H and O–H groups in total. The van der Waals surface area contributed by atoms with Gasteiger partial charge in [0.1, 0.15) is 10.7 Å². The molecule has 26 heavy (non-hydrogen) atoms. The monoisotopic (exact) mass is 438 g/mol. The third-order valence-corrected chi connectivity index (χ3v) is 6.67. The van der Waals surface area contributed by atoms with E-state index < -0.39 is 26.8 Å². The van der Waals surface area contributed by atoms with Crippen LogP contribution in [-0.4, -0.2) is 19.3 Å². The highest BCUT2D eigenvalue weighted by Crippen LogP contribution is 2.33. The van der Waals surface area contributed by atoms with Gasteiger partial charge in [-0.25, -0.2) is 12.8 Å². The van der Waals surface area contributed by atoms with E-state index in [0.717, 1.165) is 22.2 Å². The smallest absolute Gasteiger partial charge is 0.207 e. The van der Waals surface area contributed by atoms with Gasteiger partial charge in [0, 0.05) is 17.1 Å². The summed E-state index contributed by atoms with van der Waals surface area (Å²) in [7, 11) is -4.09. The van der Waals surface area contributed by atoms with Gasteiger partial charge in [0.15, 0.2) is 0 Å². The summed E-state index contributed by atoms with van der Waals surface area (Å²) < 4.78 is 42.9. The molecule has 0 radical (unpaired) electrons. The zero-order valence-electron chi connectivity index (χ0n) is 14.8. The molecule has 0 bridgehead atoms. The second-order valence-electron chi connectivity index (χ2n) is 6.42. The van der Waals surface area contributed by atoms with Crippen molar-refractivity contribution in [2.45, 2.75) is 31.7 Å². The Balaban J connectivity index is 2.55. The summed E-state index contributed by atoms with van der Waals surface area (Å²) in [5, 5.41) is 8.87. The van der Waals surface area contributed by atoms with Gasteiger partial charge in [0.2, 0.25) is 10.0 Å². The molecule has 0 amide bonds. The molecule has 2 aromatic rings. The Morgan fingerprint density at radius 2 is 1.85 bits per heavy atom. The molecule has 2 rings (SSSR count). The van der Waals surface area contributed by atoms with Crippen LogP contribution in [0.2, 0.25) is 0 Å². The zero-order valence-corrected chi connectivity index (χ0v) is 17.2. The molecule has 0 saturated heterocycles. The molecular weight excluding hydrogens is 419 g/mol. The molecule has 1 unspecified atom stereocenters. The van der Waals surface area contributed by atoms with Gasteiger partial charge in [-0.1, -0.05) is 48.0 Å². The molecule has 0 saturated carbocycles. The molecule has 0 aromatic heterocycles. The minimum atomic E-state index is -4.09. The van der Waals surface area contributed by atoms with E-state index in [1.54, 1.807) is 6.92 Å². The fourth-order valence-electron chi connectivity index (χ4n) is 2.70. The maximum Gasteiger partial charge on any atom is 0.246 e. The van der Waals surface area contributed by atoms with Gasteiger partial charge >= 0.3 is 0 Å². The molecule has 2 aromatic carbocycles. The summed E-state index contributed by atoms with van der Waals surface area (Å²) in [6.45, 7) is 5.83. The second-order valence-corrected chi connectivity index (χ2v) is 9.14. The molecule has 0 spiro atoms. The van der Waals surface area contributed by atoms with Crippen LogP contribution >= 0.6 is 15.9 Å². The van der Waals surface area contributed by atoms with E-state index in [2.05, 4.69) is 15.9 Å². The molecular formula is C19H20BrFN2O2S. The maximum absolute atomic E-state index is 14.4. The number of halogens is 2. The standard InChI is InChI=1S/C19H20BrFN2O2S/c1-13(2)12-23(14(3)16-6-4-5-7-17(16)20)26(24,25)19-9-8-15(11-22)10-18(19)21/h4-10,13-14H,12H2,1-3H3. The lowest BCUT2D eigenvalue weighted by molar-refractivity contribution is 0.306. The van der Waals surface area contributed by atoms with Crippen LogP contribution in [0.4, 0.5) is 4.39 Å². The van der Waals surface area contributed by atoms with Crippen molar-refractivity contribution < 1.29 is 12.8 Å². The summed E-state index contributed by atoms with van der Waals surface area (Å²) >= 11 is 3.46. The van der Waals surface area contributed by atoms with E-state index in [1.807, 2.05) is 44.2 Å². The summed E-state index contributed by atoms with van der Waals surface area (Å²) in [4.78, 5) is -0.420. The Morgan fingerprint density at radius 3 is 2.38 bits per heavy atom. The Kier molecular flexibility index (Phi) is 6.56. The molecule has 0 fully saturated rings. The first-order valence-electron chi connectivity index (χ1n) is 8.14. The summed E-state index contributed by atoms with van der Waals surface area (Å²) in [6, 6.07) is 12.1. The Bertz CT molecular complexity index is 939. The highest BCUT2D eigenvalue weighted by atomic mass is 79.9. The van der Waals surface area contributed by atoms with Crippen LogP contribution < -0.4 is 0 Å². The number of sulfonamides is 1. The molecule has 1 atom stereocenters. The van der Waals surface area contributed by atoms with E-state index in [4.69, 9.17) is 5.26 Å². The van der Waals surface area contributed by atoms with Crippen molar-refractivity contribution in [3.63, 3.8) is 0 Å². The van der Waals surface area contributed by atoms with Crippen LogP contribution in [-0.2, 0) is 10.0 Å². The number of nitrogens with zero attached hydrogens (tertiary/aromatic N) is 2. The van der Waals surface area contributed by atoms with Crippen molar-refractivity contribution in [3.8, 4) is 6.07 Å². The van der Waals surface area contributed by atoms with Crippen LogP contribution in [0, 0.1) is 23.1 Å². The van der Waals surface area contributed by atoms with Gasteiger partial charge in [0.25, 0.3) is 0 Å². The number of benzene rings is 2. The van der Waals surface area contributed by atoms with Gasteiger partial charge in [0.05, 0.1) is 11.6 Å². The molecule has 0 aliphatic carbocycles. The summed E-state index contributed by atoms with van der Waals surface area (Å²) in [5.74, 6) is -0.867. The third kappa shape index (κ3) is 4.32. The third-order valence-electron chi connectivity index (χ3n) is 3.98. The average Bonchev–Trinajstić information content (AvgIpc) is 2.58. The zero-order chi connectivity index (χ0) is 19.5. The van der Waals surface area contributed by atoms with E-state index in [9.17, 15) is 12.8 Å². The average molecular weight is 439 g/mol. The van der Waals surface area contributed by atoms with E-state index in [-0.39, 0.29) is 18.0 Å². The Hall–Kier alpha value is -1.75. The number of hydrogen-bond acceptors (Lipinski definition) is 3. The highest BCUT2D eigenvalue weighted by Gasteiger charge is 2.33. The van der Waals surface area contributed by atoms with Gasteiger partial charge in [-0.05, 0) is 42.7 Å². The van der Waals surface area contributed by atoms with E-state index >= 15 is 0 Å². The predicted octanol–water partition coefficient (Wildman–Crippen LogP) is 4.87. The fraction of sp³-hybridized carbons (Fsp3) is 0.316. The quantitative estimate of drug-likeness (QED) is 0.646. The van der Waals surface area contributed by atoms with Crippen LogP contribution in [0.3, 0.4) is 0 Å². The van der Waals surface area contributed by atoms with E-state index in [1.165, 1.54) is 10.4 Å². The molecule has 0 aliphatic rings. The molecule has 0 aliphatic heterocycles. The van der Waals surface area contributed by atoms with Crippen LogP contribution in [0.15, 0.2) is 51.8 Å². The maximum atomic E-state index is 14.4. The second kappa shape index (κ2) is 8.30. The molecule has 0 heterocycles. The summed E-state index contributed by atoms with van der Waals surface area (Å²) in [6.07, 6.45) is 0. The van der Waals surface area contributed by atoms with Crippen LogP contribution in [0.1, 0.15) is 37.9 Å². The first-order chi connectivity index (χ1) is 12.2. The first kappa shape index (κ1) is 20.6. The van der Waals surface area contributed by atoms with Crippen LogP contribution in [0.25, 0.3) is 0 Å². The Morgan fingerprint density at radius 1 is 1.19 bits per heavy atom. The van der Waals surface area contributed by atoms with Crippen molar-refractivity contribution >= 4 is 26.0 Å². The topological polar surface area (TPSA) is 61.2 Å². The number of hydrogen-bond donors (Lipinski definition) is 0. The van der Waals surface area contributed by atoms with Crippen molar-refractivity contribution in [1.29, 1.82) is 5.26 Å². The molecule has 138 valence electrons. The van der Waals surface area contributed by atoms with E-state index in [0.29, 0.717) is 0 Å². The van der Waals surface area contributed by atoms with Crippen molar-refractivity contribution in [3.05, 3.63) is 63.9 Å². The molecule has 4 nitrogen and oxygen atoms in total. The molecule has 7 heteroatoms. The Labute approximate surface area is 162 Å². The highest BCUT2D eigenvalue weighted by molar-refractivity contribution is 9.10. The lowest BCUT2D eigenvalue weighted by Gasteiger charge is -2.30. The van der Waals surface area contributed by atoms with Gasteiger partial charge < -0.3 is 0 Å². The van der Waals surface area contributed by atoms with Crippen molar-refractivity contribution in [2.75, 3.05) is 6.54 Å². The lowest BCUT2D eigenvalue weighted by Crippen LogP contribution is -2.37. The minimum Gasteiger partial charge on any atom is -0.207 e.